The number of rotatable bonds is 6. The summed E-state index contributed by atoms with van der Waals surface area (Å²) >= 11 is 0. The topological polar surface area (TPSA) is 67.2 Å². The number of carbonyl (C=O) groups excluding carboxylic acids is 2. The van der Waals surface area contributed by atoms with E-state index in [0.717, 1.165) is 45.7 Å². The molecule has 6 heteroatoms. The number of likely N-dealkylation sites (tertiary alicyclic amines) is 1. The van der Waals surface area contributed by atoms with Gasteiger partial charge in [0.2, 0.25) is 11.8 Å². The lowest BCUT2D eigenvalue weighted by Crippen LogP contribution is -2.43. The van der Waals surface area contributed by atoms with Crippen LogP contribution < -0.4 is 5.32 Å². The Kier molecular flexibility index (Phi) is 6.36. The summed E-state index contributed by atoms with van der Waals surface area (Å²) in [5.74, 6) is 0.760. The van der Waals surface area contributed by atoms with Gasteiger partial charge in [-0.25, -0.2) is 4.98 Å². The molecular formula is C29H30N4O2. The van der Waals surface area contributed by atoms with E-state index >= 15 is 0 Å². The number of hydrogen-bond donors (Lipinski definition) is 1. The first-order valence-electron chi connectivity index (χ1n) is 12.2. The number of nitrogens with zero attached hydrogens (tertiary/aromatic N) is 3. The monoisotopic (exact) mass is 466 g/mol. The van der Waals surface area contributed by atoms with Crippen LogP contribution in [0.4, 0.5) is 5.69 Å². The van der Waals surface area contributed by atoms with Crippen LogP contribution in [0.2, 0.25) is 0 Å². The van der Waals surface area contributed by atoms with E-state index in [1.165, 1.54) is 0 Å². The van der Waals surface area contributed by atoms with Crippen molar-refractivity contribution < 1.29 is 9.59 Å². The summed E-state index contributed by atoms with van der Waals surface area (Å²) in [6, 6.07) is 23.5. The van der Waals surface area contributed by atoms with Crippen molar-refractivity contribution in [3.8, 4) is 11.1 Å². The van der Waals surface area contributed by atoms with Crippen LogP contribution in [0.25, 0.3) is 22.2 Å². The first-order chi connectivity index (χ1) is 17.0. The molecule has 0 bridgehead atoms. The van der Waals surface area contributed by atoms with Crippen molar-refractivity contribution in [2.75, 3.05) is 11.9 Å². The Bertz CT molecular complexity index is 1380. The fourth-order valence-corrected chi connectivity index (χ4v) is 4.96. The molecule has 6 nitrogen and oxygen atoms in total. The lowest BCUT2D eigenvalue weighted by atomic mass is 10.0. The maximum atomic E-state index is 13.3. The highest BCUT2D eigenvalue weighted by Gasteiger charge is 2.34. The van der Waals surface area contributed by atoms with Crippen molar-refractivity contribution >= 4 is 28.5 Å². The second-order valence-electron chi connectivity index (χ2n) is 9.23. The smallest absolute Gasteiger partial charge is 0.247 e. The van der Waals surface area contributed by atoms with Gasteiger partial charge in [-0.2, -0.15) is 0 Å². The largest absolute Gasteiger partial charge is 0.331 e. The highest BCUT2D eigenvalue weighted by atomic mass is 16.2. The van der Waals surface area contributed by atoms with Crippen molar-refractivity contribution in [2.45, 2.75) is 38.6 Å². The lowest BCUT2D eigenvalue weighted by molar-refractivity contribution is -0.136. The van der Waals surface area contributed by atoms with E-state index in [4.69, 9.17) is 4.98 Å². The Morgan fingerprint density at radius 3 is 2.63 bits per heavy atom. The number of imidazole rings is 1. The van der Waals surface area contributed by atoms with Gasteiger partial charge in [-0.3, -0.25) is 9.59 Å². The van der Waals surface area contributed by atoms with Gasteiger partial charge in [0.15, 0.2) is 0 Å². The molecule has 1 atom stereocenters. The van der Waals surface area contributed by atoms with E-state index in [1.807, 2.05) is 68.6 Å². The molecule has 0 radical (unpaired) electrons. The maximum Gasteiger partial charge on any atom is 0.247 e. The van der Waals surface area contributed by atoms with Gasteiger partial charge in [-0.15, -0.1) is 0 Å². The van der Waals surface area contributed by atoms with Crippen molar-refractivity contribution in [3.63, 3.8) is 0 Å². The molecule has 0 spiro atoms. The molecule has 1 aliphatic rings. The fraction of sp³-hybridized carbons (Fsp3) is 0.276. The minimum atomic E-state index is -0.450. The molecule has 178 valence electrons. The van der Waals surface area contributed by atoms with Crippen LogP contribution >= 0.6 is 0 Å². The average Bonchev–Trinajstić information content (AvgIpc) is 3.48. The summed E-state index contributed by atoms with van der Waals surface area (Å²) in [5, 5.41) is 3.09. The van der Waals surface area contributed by atoms with E-state index in [0.29, 0.717) is 25.8 Å². The Morgan fingerprint density at radius 1 is 1.03 bits per heavy atom. The molecule has 3 aromatic carbocycles. The summed E-state index contributed by atoms with van der Waals surface area (Å²) in [7, 11) is 1.99. The van der Waals surface area contributed by atoms with Gasteiger partial charge in [-0.05, 0) is 49.1 Å². The first-order valence-corrected chi connectivity index (χ1v) is 12.2. The number of nitrogens with one attached hydrogen (secondary N) is 1. The molecule has 0 aliphatic carbocycles. The van der Waals surface area contributed by atoms with Crippen LogP contribution in [-0.4, -0.2) is 38.9 Å². The van der Waals surface area contributed by atoms with Gasteiger partial charge in [0.05, 0.1) is 11.0 Å². The highest BCUT2D eigenvalue weighted by Crippen LogP contribution is 2.29. The predicted molar refractivity (Wildman–Crippen MR) is 139 cm³/mol. The molecule has 1 N–H and O–H groups in total. The number of aromatic nitrogens is 2. The van der Waals surface area contributed by atoms with E-state index < -0.39 is 6.04 Å². The second kappa shape index (κ2) is 9.74. The maximum absolute atomic E-state index is 13.3. The normalized spacial score (nSPS) is 15.5. The third kappa shape index (κ3) is 4.69. The molecule has 4 aromatic rings. The summed E-state index contributed by atoms with van der Waals surface area (Å²) in [6.07, 6.45) is 2.39. The summed E-state index contributed by atoms with van der Waals surface area (Å²) in [4.78, 5) is 32.9. The molecule has 2 amide bonds. The van der Waals surface area contributed by atoms with E-state index in [1.54, 1.807) is 4.90 Å². The number of para-hydroxylation sites is 1. The number of amides is 2. The van der Waals surface area contributed by atoms with Gasteiger partial charge >= 0.3 is 0 Å². The third-order valence-electron chi connectivity index (χ3n) is 6.84. The quantitative estimate of drug-likeness (QED) is 0.429. The van der Waals surface area contributed by atoms with Crippen molar-refractivity contribution in [1.29, 1.82) is 0 Å². The Hall–Kier alpha value is -3.93. The lowest BCUT2D eigenvalue weighted by Gasteiger charge is -2.24. The van der Waals surface area contributed by atoms with Gasteiger partial charge in [0, 0.05) is 37.7 Å². The van der Waals surface area contributed by atoms with E-state index in [2.05, 4.69) is 28.1 Å². The SMILES string of the molecule is Cc1ccc2c(c1)nc(CCC(=O)N1CCC[C@H]1C(=O)Nc1ccccc1-c1ccccc1)n2C. The van der Waals surface area contributed by atoms with Crippen LogP contribution in [0, 0.1) is 6.92 Å². The van der Waals surface area contributed by atoms with Gasteiger partial charge in [-0.1, -0.05) is 54.6 Å². The number of benzene rings is 3. The van der Waals surface area contributed by atoms with E-state index in [-0.39, 0.29) is 11.8 Å². The highest BCUT2D eigenvalue weighted by molar-refractivity contribution is 6.00. The molecule has 0 unspecified atom stereocenters. The minimum Gasteiger partial charge on any atom is -0.331 e. The average molecular weight is 467 g/mol. The molecule has 1 aromatic heterocycles. The minimum absolute atomic E-state index is 0.00207. The van der Waals surface area contributed by atoms with Gasteiger partial charge < -0.3 is 14.8 Å². The van der Waals surface area contributed by atoms with Crippen LogP contribution in [-0.2, 0) is 23.1 Å². The Balaban J connectivity index is 1.27. The molecule has 1 saturated heterocycles. The van der Waals surface area contributed by atoms with Crippen LogP contribution in [0.1, 0.15) is 30.7 Å². The summed E-state index contributed by atoms with van der Waals surface area (Å²) in [6.45, 7) is 2.66. The van der Waals surface area contributed by atoms with Crippen molar-refractivity contribution in [2.24, 2.45) is 7.05 Å². The van der Waals surface area contributed by atoms with Crippen LogP contribution in [0.5, 0.6) is 0 Å². The molecular weight excluding hydrogens is 436 g/mol. The zero-order valence-electron chi connectivity index (χ0n) is 20.2. The zero-order valence-corrected chi connectivity index (χ0v) is 20.2. The molecule has 35 heavy (non-hydrogen) atoms. The predicted octanol–water partition coefficient (Wildman–Crippen LogP) is 5.11. The third-order valence-corrected chi connectivity index (χ3v) is 6.84. The Morgan fingerprint density at radius 2 is 1.80 bits per heavy atom. The number of carbonyl (C=O) groups is 2. The van der Waals surface area contributed by atoms with Crippen LogP contribution in [0.3, 0.4) is 0 Å². The molecule has 0 saturated carbocycles. The van der Waals surface area contributed by atoms with Crippen molar-refractivity contribution in [1.82, 2.24) is 14.5 Å². The number of aryl methyl sites for hydroxylation is 3. The Labute approximate surface area is 205 Å². The second-order valence-corrected chi connectivity index (χ2v) is 9.23. The van der Waals surface area contributed by atoms with Crippen molar-refractivity contribution in [3.05, 3.63) is 84.2 Å². The molecule has 1 aliphatic heterocycles. The first kappa shape index (κ1) is 22.8. The number of hydrogen-bond acceptors (Lipinski definition) is 3. The van der Waals surface area contributed by atoms with E-state index in [9.17, 15) is 9.59 Å². The number of fused-ring (bicyclic) bond motifs is 1. The molecule has 5 rings (SSSR count). The van der Waals surface area contributed by atoms with Crippen LogP contribution in [0.15, 0.2) is 72.8 Å². The zero-order chi connectivity index (χ0) is 24.4. The van der Waals surface area contributed by atoms with Gasteiger partial charge in [0.25, 0.3) is 0 Å². The summed E-state index contributed by atoms with van der Waals surface area (Å²) < 4.78 is 2.05. The molecule has 2 heterocycles. The van der Waals surface area contributed by atoms with Gasteiger partial charge in [0.1, 0.15) is 11.9 Å². The molecule has 1 fully saturated rings. The summed E-state index contributed by atoms with van der Waals surface area (Å²) in [5.41, 5.74) is 5.95. The fourth-order valence-electron chi connectivity index (χ4n) is 4.96. The number of anilines is 1. The standard InChI is InChI=1S/C29H30N4O2/c1-20-14-15-25-24(19-20)30-27(32(25)2)16-17-28(34)33-18-8-13-26(33)29(35)31-23-12-7-6-11-22(23)21-9-4-3-5-10-21/h3-7,9-12,14-15,19,26H,8,13,16-18H2,1-2H3,(H,31,35)/t26-/m0/s1.